The summed E-state index contributed by atoms with van der Waals surface area (Å²) >= 11 is 1.44. The fraction of sp³-hybridized carbons (Fsp3) is 0.222. The topological polar surface area (TPSA) is 55.2 Å². The first-order valence-electron chi connectivity index (χ1n) is 7.55. The summed E-state index contributed by atoms with van der Waals surface area (Å²) in [4.78, 5) is 8.84. The molecule has 124 valence electrons. The fourth-order valence-electron chi connectivity index (χ4n) is 2.24. The van der Waals surface area contributed by atoms with Crippen LogP contribution in [0.15, 0.2) is 53.6 Å². The van der Waals surface area contributed by atoms with Crippen molar-refractivity contribution in [2.24, 2.45) is 0 Å². The first kappa shape index (κ1) is 16.7. The van der Waals surface area contributed by atoms with Crippen LogP contribution in [0.3, 0.4) is 0 Å². The van der Waals surface area contributed by atoms with E-state index in [1.165, 1.54) is 23.9 Å². The van der Waals surface area contributed by atoms with Crippen LogP contribution in [0.1, 0.15) is 5.82 Å². The molecule has 0 radical (unpaired) electrons. The molecule has 1 aromatic heterocycles. The summed E-state index contributed by atoms with van der Waals surface area (Å²) in [6.45, 7) is 1.87. The molecule has 0 bridgehead atoms. The Labute approximate surface area is 143 Å². The lowest BCUT2D eigenvalue weighted by Gasteiger charge is -2.13. The Morgan fingerprint density at radius 3 is 2.71 bits per heavy atom. The van der Waals surface area contributed by atoms with E-state index in [4.69, 9.17) is 4.74 Å². The fourth-order valence-corrected chi connectivity index (χ4v) is 3.21. The Kier molecular flexibility index (Phi) is 5.27. The Bertz CT molecular complexity index is 844. The van der Waals surface area contributed by atoms with E-state index in [-0.39, 0.29) is 12.4 Å². The van der Waals surface area contributed by atoms with Crippen LogP contribution in [-0.4, -0.2) is 33.5 Å². The van der Waals surface area contributed by atoms with E-state index in [9.17, 15) is 9.50 Å². The zero-order valence-corrected chi connectivity index (χ0v) is 14.0. The third-order valence-electron chi connectivity index (χ3n) is 3.36. The Hall–Kier alpha value is -2.18. The predicted octanol–water partition coefficient (Wildman–Crippen LogP) is 3.61. The van der Waals surface area contributed by atoms with Gasteiger partial charge in [0.15, 0.2) is 11.6 Å². The number of aliphatic hydroxyl groups excluding tert-OH is 1. The average Bonchev–Trinajstić information content (AvgIpc) is 2.58. The summed E-state index contributed by atoms with van der Waals surface area (Å²) in [6.07, 6.45) is -0.733. The second kappa shape index (κ2) is 7.59. The summed E-state index contributed by atoms with van der Waals surface area (Å²) in [5.41, 5.74) is 0.879. The Balaban J connectivity index is 1.62. The van der Waals surface area contributed by atoms with Crippen LogP contribution in [0, 0.1) is 12.7 Å². The molecule has 0 unspecified atom stereocenters. The molecule has 0 aliphatic carbocycles. The van der Waals surface area contributed by atoms with E-state index in [0.29, 0.717) is 11.6 Å². The number of fused-ring (bicyclic) bond motifs is 1. The van der Waals surface area contributed by atoms with Crippen LogP contribution in [0.2, 0.25) is 0 Å². The number of rotatable bonds is 6. The lowest BCUT2D eigenvalue weighted by Crippen LogP contribution is -2.20. The second-order valence-corrected chi connectivity index (χ2v) is 6.31. The van der Waals surface area contributed by atoms with Gasteiger partial charge in [0.25, 0.3) is 0 Å². The summed E-state index contributed by atoms with van der Waals surface area (Å²) in [5, 5.41) is 11.9. The predicted molar refractivity (Wildman–Crippen MR) is 92.9 cm³/mol. The molecule has 0 amide bonds. The number of para-hydroxylation sites is 2. The number of benzene rings is 2. The van der Waals surface area contributed by atoms with Crippen molar-refractivity contribution in [1.82, 2.24) is 9.97 Å². The zero-order valence-electron chi connectivity index (χ0n) is 13.1. The number of aromatic nitrogens is 2. The quantitative estimate of drug-likeness (QED) is 0.547. The van der Waals surface area contributed by atoms with E-state index in [2.05, 4.69) is 9.97 Å². The average molecular weight is 344 g/mol. The normalized spacial score (nSPS) is 12.3. The van der Waals surface area contributed by atoms with Gasteiger partial charge in [0, 0.05) is 11.1 Å². The number of halogens is 1. The van der Waals surface area contributed by atoms with Crippen LogP contribution < -0.4 is 4.74 Å². The molecule has 2 aromatic carbocycles. The third kappa shape index (κ3) is 4.01. The van der Waals surface area contributed by atoms with Crippen molar-refractivity contribution in [2.75, 3.05) is 12.4 Å². The van der Waals surface area contributed by atoms with Crippen molar-refractivity contribution >= 4 is 22.7 Å². The van der Waals surface area contributed by atoms with Gasteiger partial charge >= 0.3 is 0 Å². The summed E-state index contributed by atoms with van der Waals surface area (Å²) < 4.78 is 18.8. The number of hydrogen-bond acceptors (Lipinski definition) is 5. The highest BCUT2D eigenvalue weighted by atomic mass is 32.2. The minimum absolute atomic E-state index is 0.0237. The highest BCUT2D eigenvalue weighted by Gasteiger charge is 2.11. The standard InChI is InChI=1S/C18H17FN2O2S/c1-12-20-16-8-4-2-6-14(16)18(21-12)24-11-13(22)10-23-17-9-5-3-7-15(17)19/h2-9,13,22H,10-11H2,1H3/t13-/m1/s1. The molecule has 3 rings (SSSR count). The van der Waals surface area contributed by atoms with Crippen molar-refractivity contribution in [1.29, 1.82) is 0 Å². The zero-order chi connectivity index (χ0) is 16.9. The van der Waals surface area contributed by atoms with Crippen molar-refractivity contribution in [3.05, 3.63) is 60.2 Å². The second-order valence-electron chi connectivity index (χ2n) is 5.30. The molecule has 0 aliphatic heterocycles. The molecule has 1 atom stereocenters. The molecule has 0 saturated carbocycles. The number of aryl methyl sites for hydroxylation is 1. The van der Waals surface area contributed by atoms with Gasteiger partial charge in [0.1, 0.15) is 17.5 Å². The smallest absolute Gasteiger partial charge is 0.165 e. The van der Waals surface area contributed by atoms with E-state index in [0.717, 1.165) is 15.9 Å². The van der Waals surface area contributed by atoms with Crippen LogP contribution in [0.25, 0.3) is 10.9 Å². The number of ether oxygens (including phenoxy) is 1. The molecule has 1 N–H and O–H groups in total. The lowest BCUT2D eigenvalue weighted by atomic mass is 10.2. The van der Waals surface area contributed by atoms with E-state index < -0.39 is 11.9 Å². The van der Waals surface area contributed by atoms with Gasteiger partial charge in [-0.2, -0.15) is 0 Å². The minimum atomic E-state index is -0.733. The van der Waals surface area contributed by atoms with Gasteiger partial charge in [-0.3, -0.25) is 0 Å². The molecule has 1 heterocycles. The number of hydrogen-bond donors (Lipinski definition) is 1. The van der Waals surface area contributed by atoms with E-state index in [1.807, 2.05) is 31.2 Å². The molecule has 0 fully saturated rings. The van der Waals surface area contributed by atoms with Crippen molar-refractivity contribution in [3.63, 3.8) is 0 Å². The highest BCUT2D eigenvalue weighted by Crippen LogP contribution is 2.26. The monoisotopic (exact) mass is 344 g/mol. The van der Waals surface area contributed by atoms with Crippen molar-refractivity contribution < 1.29 is 14.2 Å². The molecule has 0 saturated heterocycles. The minimum Gasteiger partial charge on any atom is -0.488 e. The molecule has 0 spiro atoms. The summed E-state index contributed by atoms with van der Waals surface area (Å²) in [6, 6.07) is 13.9. The SMILES string of the molecule is Cc1nc(SC[C@H](O)COc2ccccc2F)c2ccccc2n1. The van der Waals surface area contributed by atoms with Crippen LogP contribution in [0.4, 0.5) is 4.39 Å². The van der Waals surface area contributed by atoms with Gasteiger partial charge in [-0.15, -0.1) is 11.8 Å². The third-order valence-corrected chi connectivity index (χ3v) is 4.50. The van der Waals surface area contributed by atoms with E-state index in [1.54, 1.807) is 12.1 Å². The Morgan fingerprint density at radius 1 is 1.12 bits per heavy atom. The highest BCUT2D eigenvalue weighted by molar-refractivity contribution is 7.99. The summed E-state index contributed by atoms with van der Waals surface area (Å²) in [7, 11) is 0. The Morgan fingerprint density at radius 2 is 1.88 bits per heavy atom. The molecule has 6 heteroatoms. The number of nitrogens with zero attached hydrogens (tertiary/aromatic N) is 2. The van der Waals surface area contributed by atoms with Gasteiger partial charge in [0.2, 0.25) is 0 Å². The van der Waals surface area contributed by atoms with Crippen LogP contribution in [0.5, 0.6) is 5.75 Å². The maximum Gasteiger partial charge on any atom is 0.165 e. The molecular weight excluding hydrogens is 327 g/mol. The maximum atomic E-state index is 13.5. The van der Waals surface area contributed by atoms with Crippen LogP contribution >= 0.6 is 11.8 Å². The van der Waals surface area contributed by atoms with Crippen LogP contribution in [-0.2, 0) is 0 Å². The lowest BCUT2D eigenvalue weighted by molar-refractivity contribution is 0.123. The molecule has 3 aromatic rings. The van der Waals surface area contributed by atoms with Crippen molar-refractivity contribution in [3.8, 4) is 5.75 Å². The molecule has 4 nitrogen and oxygen atoms in total. The van der Waals surface area contributed by atoms with Gasteiger partial charge < -0.3 is 9.84 Å². The number of thioether (sulfide) groups is 1. The van der Waals surface area contributed by atoms with Crippen molar-refractivity contribution in [2.45, 2.75) is 18.1 Å². The number of aliphatic hydroxyl groups is 1. The molecular formula is C18H17FN2O2S. The van der Waals surface area contributed by atoms with Gasteiger partial charge in [-0.1, -0.05) is 30.3 Å². The van der Waals surface area contributed by atoms with Gasteiger partial charge in [-0.05, 0) is 25.1 Å². The van der Waals surface area contributed by atoms with Gasteiger partial charge in [-0.25, -0.2) is 14.4 Å². The molecule has 24 heavy (non-hydrogen) atoms. The van der Waals surface area contributed by atoms with E-state index >= 15 is 0 Å². The first-order chi connectivity index (χ1) is 11.6. The molecule has 0 aliphatic rings. The first-order valence-corrected chi connectivity index (χ1v) is 8.53. The summed E-state index contributed by atoms with van der Waals surface area (Å²) in [5.74, 6) is 0.794. The largest absolute Gasteiger partial charge is 0.488 e. The van der Waals surface area contributed by atoms with Gasteiger partial charge in [0.05, 0.1) is 11.6 Å². The maximum absolute atomic E-state index is 13.5.